The van der Waals surface area contributed by atoms with Crippen molar-refractivity contribution in [1.82, 2.24) is 5.43 Å². The number of nitrogens with zero attached hydrogens (tertiary/aromatic N) is 1. The second-order valence-electron chi connectivity index (χ2n) is 5.15. The first-order chi connectivity index (χ1) is 9.65. The summed E-state index contributed by atoms with van der Waals surface area (Å²) in [5, 5.41) is 3.89. The number of aryl methyl sites for hydroxylation is 1. The molecule has 0 aromatic carbocycles. The van der Waals surface area contributed by atoms with E-state index in [0.29, 0.717) is 28.9 Å². The molecule has 1 N–H and O–H groups in total. The van der Waals surface area contributed by atoms with Crippen molar-refractivity contribution in [2.45, 2.75) is 26.2 Å². The molecule has 1 fully saturated rings. The van der Waals surface area contributed by atoms with Gasteiger partial charge in [0.1, 0.15) is 17.3 Å². The largest absolute Gasteiger partial charge is 0.469 e. The van der Waals surface area contributed by atoms with Crippen molar-refractivity contribution in [3.8, 4) is 0 Å². The molecule has 5 nitrogen and oxygen atoms in total. The summed E-state index contributed by atoms with van der Waals surface area (Å²) in [6.45, 7) is 3.93. The van der Waals surface area contributed by atoms with Gasteiger partial charge in [-0.1, -0.05) is 6.92 Å². The molecular weight excluding hydrogens is 256 g/mol. The lowest BCUT2D eigenvalue weighted by Crippen LogP contribution is -2.17. The summed E-state index contributed by atoms with van der Waals surface area (Å²) in [6.07, 6.45) is 4.16. The predicted octanol–water partition coefficient (Wildman–Crippen LogP) is 3.07. The van der Waals surface area contributed by atoms with Crippen molar-refractivity contribution in [3.05, 3.63) is 47.3 Å². The molecule has 5 heteroatoms. The van der Waals surface area contributed by atoms with Gasteiger partial charge in [0.05, 0.1) is 18.0 Å². The van der Waals surface area contributed by atoms with Gasteiger partial charge in [0.2, 0.25) is 0 Å². The van der Waals surface area contributed by atoms with Crippen LogP contribution in [0.25, 0.3) is 0 Å². The SMILES string of the molecule is Cc1occc1C(=O)N/N=C\c1ccc([C@@H]2C[C@@H]2C)o1. The van der Waals surface area contributed by atoms with Gasteiger partial charge in [0.15, 0.2) is 0 Å². The lowest BCUT2D eigenvalue weighted by atomic mass is 10.2. The maximum Gasteiger partial charge on any atom is 0.274 e. The molecule has 0 radical (unpaired) electrons. The number of rotatable bonds is 4. The maximum absolute atomic E-state index is 11.8. The summed E-state index contributed by atoms with van der Waals surface area (Å²) >= 11 is 0. The van der Waals surface area contributed by atoms with Crippen LogP contribution in [-0.2, 0) is 0 Å². The van der Waals surface area contributed by atoms with Gasteiger partial charge in [-0.25, -0.2) is 5.43 Å². The average molecular weight is 272 g/mol. The van der Waals surface area contributed by atoms with Crippen molar-refractivity contribution in [2.75, 3.05) is 0 Å². The summed E-state index contributed by atoms with van der Waals surface area (Å²) < 4.78 is 10.7. The highest BCUT2D eigenvalue weighted by Crippen LogP contribution is 2.47. The van der Waals surface area contributed by atoms with Crippen LogP contribution in [0.5, 0.6) is 0 Å². The summed E-state index contributed by atoms with van der Waals surface area (Å²) in [5.74, 6) is 3.16. The molecule has 0 aliphatic heterocycles. The van der Waals surface area contributed by atoms with Crippen LogP contribution < -0.4 is 5.43 Å². The van der Waals surface area contributed by atoms with E-state index >= 15 is 0 Å². The van der Waals surface area contributed by atoms with Crippen LogP contribution in [0, 0.1) is 12.8 Å². The van der Waals surface area contributed by atoms with E-state index in [1.165, 1.54) is 18.9 Å². The van der Waals surface area contributed by atoms with Gasteiger partial charge in [0.25, 0.3) is 5.91 Å². The molecular formula is C15H16N2O3. The smallest absolute Gasteiger partial charge is 0.274 e. The number of hydrogen-bond acceptors (Lipinski definition) is 4. The highest BCUT2D eigenvalue weighted by molar-refractivity contribution is 5.95. The van der Waals surface area contributed by atoms with Gasteiger partial charge in [0, 0.05) is 5.92 Å². The molecule has 1 aliphatic carbocycles. The van der Waals surface area contributed by atoms with E-state index in [1.807, 2.05) is 12.1 Å². The molecule has 2 aromatic heterocycles. The second kappa shape index (κ2) is 5.00. The van der Waals surface area contributed by atoms with Crippen molar-refractivity contribution in [2.24, 2.45) is 11.0 Å². The van der Waals surface area contributed by atoms with Gasteiger partial charge >= 0.3 is 0 Å². The first-order valence-corrected chi connectivity index (χ1v) is 6.62. The first-order valence-electron chi connectivity index (χ1n) is 6.62. The summed E-state index contributed by atoms with van der Waals surface area (Å²) in [5.41, 5.74) is 2.93. The van der Waals surface area contributed by atoms with E-state index < -0.39 is 0 Å². The molecule has 3 rings (SSSR count). The van der Waals surface area contributed by atoms with Crippen molar-refractivity contribution in [1.29, 1.82) is 0 Å². The molecule has 1 aliphatic rings. The Labute approximate surface area is 116 Å². The van der Waals surface area contributed by atoms with E-state index in [4.69, 9.17) is 8.83 Å². The fraction of sp³-hybridized carbons (Fsp3) is 0.333. The minimum absolute atomic E-state index is 0.296. The zero-order valence-electron chi connectivity index (χ0n) is 11.4. The van der Waals surface area contributed by atoms with Crippen LogP contribution in [0.3, 0.4) is 0 Å². The van der Waals surface area contributed by atoms with Crippen LogP contribution in [0.15, 0.2) is 38.4 Å². The third-order valence-corrected chi connectivity index (χ3v) is 3.58. The Hall–Kier alpha value is -2.30. The van der Waals surface area contributed by atoms with Gasteiger partial charge < -0.3 is 8.83 Å². The van der Waals surface area contributed by atoms with Crippen LogP contribution in [-0.4, -0.2) is 12.1 Å². The Morgan fingerprint density at radius 2 is 2.25 bits per heavy atom. The highest BCUT2D eigenvalue weighted by Gasteiger charge is 2.36. The van der Waals surface area contributed by atoms with E-state index in [9.17, 15) is 4.79 Å². The molecule has 0 bridgehead atoms. The molecule has 1 saturated carbocycles. The summed E-state index contributed by atoms with van der Waals surface area (Å²) in [7, 11) is 0. The fourth-order valence-electron chi connectivity index (χ4n) is 2.19. The topological polar surface area (TPSA) is 67.7 Å². The molecule has 2 aromatic rings. The van der Waals surface area contributed by atoms with Gasteiger partial charge in [-0.05, 0) is 37.5 Å². The Kier molecular flexibility index (Phi) is 3.18. The normalized spacial score (nSPS) is 21.3. The van der Waals surface area contributed by atoms with Crippen LogP contribution in [0.1, 0.15) is 46.9 Å². The van der Waals surface area contributed by atoms with Gasteiger partial charge in [-0.15, -0.1) is 0 Å². The monoisotopic (exact) mass is 272 g/mol. The molecule has 2 atom stereocenters. The first kappa shape index (κ1) is 12.7. The fourth-order valence-corrected chi connectivity index (χ4v) is 2.19. The average Bonchev–Trinajstić information content (AvgIpc) is 2.83. The Morgan fingerprint density at radius 3 is 2.90 bits per heavy atom. The lowest BCUT2D eigenvalue weighted by molar-refractivity contribution is 0.0953. The predicted molar refractivity (Wildman–Crippen MR) is 73.7 cm³/mol. The quantitative estimate of drug-likeness (QED) is 0.687. The van der Waals surface area contributed by atoms with Crippen molar-refractivity contribution in [3.63, 3.8) is 0 Å². The Bertz CT molecular complexity index is 654. The zero-order valence-corrected chi connectivity index (χ0v) is 11.4. The number of carbonyl (C=O) groups is 1. The van der Waals surface area contributed by atoms with E-state index in [-0.39, 0.29) is 5.91 Å². The Morgan fingerprint density at radius 1 is 1.45 bits per heavy atom. The second-order valence-corrected chi connectivity index (χ2v) is 5.15. The standard InChI is InChI=1S/C15H16N2O3/c1-9-7-13(9)14-4-3-11(20-14)8-16-17-15(18)12-5-6-19-10(12)2/h3-6,8-9,13H,7H2,1-2H3,(H,17,18)/b16-8-/t9-,13+/m0/s1. The molecule has 0 unspecified atom stereocenters. The van der Waals surface area contributed by atoms with E-state index in [0.717, 1.165) is 5.76 Å². The number of nitrogens with one attached hydrogen (secondary N) is 1. The van der Waals surface area contributed by atoms with Gasteiger partial charge in [-0.3, -0.25) is 4.79 Å². The highest BCUT2D eigenvalue weighted by atomic mass is 16.3. The number of hydrazone groups is 1. The van der Waals surface area contributed by atoms with Crippen molar-refractivity contribution < 1.29 is 13.6 Å². The molecule has 0 spiro atoms. The third kappa shape index (κ3) is 2.52. The molecule has 1 amide bonds. The minimum Gasteiger partial charge on any atom is -0.469 e. The van der Waals surface area contributed by atoms with E-state index in [2.05, 4.69) is 17.5 Å². The third-order valence-electron chi connectivity index (χ3n) is 3.58. The number of amides is 1. The number of furan rings is 2. The van der Waals surface area contributed by atoms with Gasteiger partial charge in [-0.2, -0.15) is 5.10 Å². The molecule has 0 saturated heterocycles. The van der Waals surface area contributed by atoms with Crippen LogP contribution in [0.2, 0.25) is 0 Å². The summed E-state index contributed by atoms with van der Waals surface area (Å²) in [4.78, 5) is 11.8. The zero-order chi connectivity index (χ0) is 14.1. The minimum atomic E-state index is -0.296. The lowest BCUT2D eigenvalue weighted by Gasteiger charge is -1.96. The molecule has 104 valence electrons. The van der Waals surface area contributed by atoms with Crippen LogP contribution >= 0.6 is 0 Å². The van der Waals surface area contributed by atoms with Crippen molar-refractivity contribution >= 4 is 12.1 Å². The van der Waals surface area contributed by atoms with Crippen LogP contribution in [0.4, 0.5) is 0 Å². The maximum atomic E-state index is 11.8. The molecule has 20 heavy (non-hydrogen) atoms. The van der Waals surface area contributed by atoms with E-state index in [1.54, 1.807) is 13.0 Å². The number of hydrogen-bond donors (Lipinski definition) is 1. The summed E-state index contributed by atoms with van der Waals surface area (Å²) in [6, 6.07) is 5.44. The Balaban J connectivity index is 1.59. The molecule has 2 heterocycles. The number of carbonyl (C=O) groups excluding carboxylic acids is 1.